The van der Waals surface area contributed by atoms with E-state index in [1.807, 2.05) is 18.2 Å². The first kappa shape index (κ1) is 53.8. The van der Waals surface area contributed by atoms with Gasteiger partial charge in [0.2, 0.25) is 0 Å². The number of aromatic nitrogens is 4. The van der Waals surface area contributed by atoms with Crippen molar-refractivity contribution in [1.82, 2.24) is 19.4 Å². The normalized spacial score (nSPS) is 9.55. The van der Waals surface area contributed by atoms with Gasteiger partial charge < -0.3 is 28.2 Å². The minimum absolute atomic E-state index is 0.116. The van der Waals surface area contributed by atoms with Gasteiger partial charge in [-0.2, -0.15) is 9.59 Å². The second-order valence-corrected chi connectivity index (χ2v) is 19.2. The molecule has 0 saturated carbocycles. The number of fused-ring (bicyclic) bond motifs is 1. The van der Waals surface area contributed by atoms with Gasteiger partial charge in [-0.25, -0.2) is 19.4 Å². The van der Waals surface area contributed by atoms with E-state index in [0.29, 0.717) is 36.0 Å². The molecule has 22 heteroatoms. The number of aryl methyl sites for hydroxylation is 2. The zero-order valence-electron chi connectivity index (χ0n) is 30.2. The van der Waals surface area contributed by atoms with Crippen molar-refractivity contribution < 1.29 is 52.3 Å². The van der Waals surface area contributed by atoms with Gasteiger partial charge in [0.05, 0.1) is 55.4 Å². The van der Waals surface area contributed by atoms with E-state index < -0.39 is 11.2 Å². The minimum atomic E-state index is -3.22. The minimum Gasteiger partial charge on any atom is -0.465 e. The van der Waals surface area contributed by atoms with Crippen LogP contribution in [0.2, 0.25) is 0 Å². The van der Waals surface area contributed by atoms with Crippen molar-refractivity contribution in [2.75, 3.05) is 21.3 Å². The Balaban J connectivity index is 0. The average Bonchev–Trinajstić information content (AvgIpc) is 3.51. The Morgan fingerprint density at radius 3 is 1.64 bits per heavy atom. The number of rotatable bonds is 7. The number of hydrogen-bond acceptors (Lipinski definition) is 14. The Hall–Kier alpha value is -3.34. The predicted molar refractivity (Wildman–Crippen MR) is 216 cm³/mol. The second-order valence-electron chi connectivity index (χ2n) is 9.90. The van der Waals surface area contributed by atoms with Crippen LogP contribution in [0.4, 0.5) is 0 Å². The van der Waals surface area contributed by atoms with Crippen molar-refractivity contribution in [1.29, 1.82) is 0 Å². The zero-order chi connectivity index (χ0) is 42.9. The highest BCUT2D eigenvalue weighted by molar-refractivity contribution is 9.11. The molecule has 0 aliphatic rings. The lowest BCUT2D eigenvalue weighted by Crippen LogP contribution is -2.04. The summed E-state index contributed by atoms with van der Waals surface area (Å²) in [7, 11) is 4.02. The van der Waals surface area contributed by atoms with Gasteiger partial charge in [-0.15, -0.1) is 0 Å². The van der Waals surface area contributed by atoms with Crippen LogP contribution in [0.5, 0.6) is 0 Å². The molecule has 4 rings (SSSR count). The first-order valence-corrected chi connectivity index (χ1v) is 21.7. The summed E-state index contributed by atoms with van der Waals surface area (Å²) < 4.78 is 27.4. The Morgan fingerprint density at radius 1 is 0.764 bits per heavy atom. The summed E-state index contributed by atoms with van der Waals surface area (Å²) in [6.45, 7) is 6.85. The molecule has 4 heterocycles. The van der Waals surface area contributed by atoms with Gasteiger partial charge in [0, 0.05) is 51.0 Å². The Kier molecular flexibility index (Phi) is 28.3. The smallest absolute Gasteiger partial charge is 0.373 e. The van der Waals surface area contributed by atoms with Crippen molar-refractivity contribution >= 4 is 128 Å². The maximum absolute atomic E-state index is 11.4. The van der Waals surface area contributed by atoms with Gasteiger partial charge >= 0.3 is 29.3 Å². The summed E-state index contributed by atoms with van der Waals surface area (Å²) in [6.07, 6.45) is 9.91. The molecule has 0 aliphatic carbocycles. The third-order valence-corrected chi connectivity index (χ3v) is 7.63. The van der Waals surface area contributed by atoms with Gasteiger partial charge in [0.15, 0.2) is 0 Å². The van der Waals surface area contributed by atoms with Crippen LogP contribution in [0.3, 0.4) is 0 Å². The molecule has 4 aromatic rings. The highest BCUT2D eigenvalue weighted by Crippen LogP contribution is 2.61. The Bertz CT molecular complexity index is 1980. The topological polar surface area (TPSA) is 207 Å². The number of carbonyl (C=O) groups is 5. The Morgan fingerprint density at radius 2 is 1.22 bits per heavy atom. The van der Waals surface area contributed by atoms with Crippen LogP contribution < -0.4 is 0 Å². The number of ketones is 2. The van der Waals surface area contributed by atoms with Crippen LogP contribution in [0.25, 0.3) is 5.52 Å². The fourth-order valence-electron chi connectivity index (χ4n) is 3.22. The molecular formula is C33H35Br3Cl3N4O11P. The average molecular weight is 1040 g/mol. The Labute approximate surface area is 356 Å². The number of ether oxygens (including phenoxy) is 3. The number of carbonyl (C=O) groups excluding carboxylic acids is 7. The number of esters is 3. The van der Waals surface area contributed by atoms with Crippen molar-refractivity contribution in [2.45, 2.75) is 47.0 Å². The van der Waals surface area contributed by atoms with E-state index in [9.17, 15) is 28.5 Å². The zero-order valence-corrected chi connectivity index (χ0v) is 38.2. The fraction of sp³-hybridized carbons (Fsp3) is 0.303. The van der Waals surface area contributed by atoms with Gasteiger partial charge in [-0.1, -0.05) is 6.92 Å². The lowest BCUT2D eigenvalue weighted by atomic mass is 10.1. The molecule has 15 nitrogen and oxygen atoms in total. The third kappa shape index (κ3) is 24.7. The summed E-state index contributed by atoms with van der Waals surface area (Å²) in [5, 5.41) is -3.22. The molecule has 0 unspecified atom stereocenters. The van der Waals surface area contributed by atoms with Crippen LogP contribution in [0.15, 0.2) is 62.6 Å². The summed E-state index contributed by atoms with van der Waals surface area (Å²) in [5.74, 6) is 0.0445. The van der Waals surface area contributed by atoms with Crippen molar-refractivity contribution in [2.24, 2.45) is 0 Å². The quantitative estimate of drug-likeness (QED) is 0.0961. The molecule has 300 valence electrons. The van der Waals surface area contributed by atoms with Crippen LogP contribution in [0, 0.1) is 6.92 Å². The molecule has 0 spiro atoms. The maximum atomic E-state index is 11.4. The van der Waals surface area contributed by atoms with E-state index in [-0.39, 0.29) is 29.7 Å². The van der Waals surface area contributed by atoms with E-state index in [2.05, 4.69) is 111 Å². The van der Waals surface area contributed by atoms with Crippen molar-refractivity contribution in [3.63, 3.8) is 0 Å². The molecular weight excluding hydrogens is 1010 g/mol. The summed E-state index contributed by atoms with van der Waals surface area (Å²) in [5.41, 5.74) is 3.03. The molecule has 0 bridgehead atoms. The van der Waals surface area contributed by atoms with Gasteiger partial charge in [-0.05, 0) is 127 Å². The van der Waals surface area contributed by atoms with Gasteiger partial charge in [0.1, 0.15) is 17.4 Å². The van der Waals surface area contributed by atoms with Gasteiger partial charge in [0.25, 0.3) is 0 Å². The van der Waals surface area contributed by atoms with E-state index >= 15 is 0 Å². The standard InChI is InChI=1S/C11H12BrNO3.C10H9BrN2O2.C7H6BrNO2.C4H8O.CO2.Cl3OP/c1-7(14)3-4-10-9(12)5-8(6-13-10)11(15)16-2;1-6-12-4-9-8(11)3-7(5-13(6)9)10(14)15-2;1-11-7(10)5-2-6(8)4-9-3-5;1-3-4(2)5;2-1-3;1-5(2,3)4/h5-6H,3-4H2,1-2H3;3-5H,1-2H3;2-4H,1H3;3H2,1-2H3;;. The lowest BCUT2D eigenvalue weighted by molar-refractivity contribution is -0.191. The van der Waals surface area contributed by atoms with E-state index in [1.165, 1.54) is 40.6 Å². The number of hydrogen-bond donors (Lipinski definition) is 0. The van der Waals surface area contributed by atoms with Crippen LogP contribution in [0.1, 0.15) is 76.2 Å². The number of halogens is 6. The monoisotopic (exact) mass is 1040 g/mol. The maximum Gasteiger partial charge on any atom is 0.373 e. The largest absolute Gasteiger partial charge is 0.465 e. The first-order chi connectivity index (χ1) is 25.6. The molecule has 0 fully saturated rings. The lowest BCUT2D eigenvalue weighted by Gasteiger charge is -2.04. The van der Waals surface area contributed by atoms with E-state index in [0.717, 1.165) is 30.5 Å². The number of pyridine rings is 3. The third-order valence-electron chi connectivity index (χ3n) is 5.87. The number of nitrogens with zero attached hydrogens (tertiary/aromatic N) is 4. The highest BCUT2D eigenvalue weighted by Gasteiger charge is 2.12. The number of methoxy groups -OCH3 is 3. The molecule has 0 saturated heterocycles. The molecule has 0 radical (unpaired) electrons. The van der Waals surface area contributed by atoms with Crippen molar-refractivity contribution in [3.8, 4) is 0 Å². The first-order valence-electron chi connectivity index (χ1n) is 14.9. The van der Waals surface area contributed by atoms with Crippen LogP contribution >= 0.6 is 86.7 Å². The van der Waals surface area contributed by atoms with Crippen LogP contribution in [-0.2, 0) is 44.4 Å². The molecule has 0 aliphatic heterocycles. The van der Waals surface area contributed by atoms with Crippen LogP contribution in [-0.4, -0.2) is 76.3 Å². The summed E-state index contributed by atoms with van der Waals surface area (Å²) in [4.78, 5) is 82.4. The SMILES string of the molecule is CCC(C)=O.COC(=O)c1cc(Br)c2cnc(C)n2c1.COC(=O)c1cnc(CCC(C)=O)c(Br)c1.COC(=O)c1cncc(Br)c1.O=C=O.O=P(Cl)(Cl)Cl. The molecule has 55 heavy (non-hydrogen) atoms. The molecule has 0 amide bonds. The second kappa shape index (κ2) is 29.0. The summed E-state index contributed by atoms with van der Waals surface area (Å²) >= 11 is 23.7. The number of Topliss-reactive ketones (excluding diaryl/α,β-unsaturated/α-hetero) is 2. The summed E-state index contributed by atoms with van der Waals surface area (Å²) in [6, 6.07) is 5.02. The highest BCUT2D eigenvalue weighted by atomic mass is 79.9. The molecule has 0 N–H and O–H groups in total. The molecule has 4 aromatic heterocycles. The molecule has 0 atom stereocenters. The van der Waals surface area contributed by atoms with E-state index in [4.69, 9.17) is 9.59 Å². The fourth-order valence-corrected chi connectivity index (χ4v) is 4.68. The number of imidazole rings is 1. The van der Waals surface area contributed by atoms with E-state index in [1.54, 1.807) is 43.7 Å². The van der Waals surface area contributed by atoms with Crippen molar-refractivity contribution in [3.05, 3.63) is 90.8 Å². The predicted octanol–water partition coefficient (Wildman–Crippen LogP) is 9.19. The van der Waals surface area contributed by atoms with Gasteiger partial charge in [-0.3, -0.25) is 14.5 Å². The molecule has 0 aromatic carbocycles.